The third kappa shape index (κ3) is 0.754. The SMILES string of the molecule is [C]1COCc2[nH]ccc21. The van der Waals surface area contributed by atoms with Gasteiger partial charge in [0, 0.05) is 18.3 Å². The van der Waals surface area contributed by atoms with Crippen LogP contribution in [0.25, 0.3) is 0 Å². The Morgan fingerprint density at radius 2 is 2.67 bits per heavy atom. The molecule has 0 atom stereocenters. The number of hydrogen-bond acceptors (Lipinski definition) is 1. The predicted octanol–water partition coefficient (Wildman–Crippen LogP) is 0.974. The minimum absolute atomic E-state index is 0.630. The molecule has 0 saturated carbocycles. The summed E-state index contributed by atoms with van der Waals surface area (Å²) >= 11 is 0. The van der Waals surface area contributed by atoms with Crippen LogP contribution in [-0.4, -0.2) is 11.6 Å². The maximum absolute atomic E-state index is 5.11. The van der Waals surface area contributed by atoms with Gasteiger partial charge in [-0.05, 0) is 11.6 Å². The quantitative estimate of drug-likeness (QED) is 0.543. The molecule has 0 saturated heterocycles. The largest absolute Gasteiger partial charge is 0.374 e. The van der Waals surface area contributed by atoms with Gasteiger partial charge in [-0.1, -0.05) is 0 Å². The molecule has 9 heavy (non-hydrogen) atoms. The van der Waals surface area contributed by atoms with Crippen LogP contribution >= 0.6 is 0 Å². The highest BCUT2D eigenvalue weighted by Gasteiger charge is 2.08. The molecule has 0 aromatic carbocycles. The Bertz CT molecular complexity index is 184. The van der Waals surface area contributed by atoms with Crippen LogP contribution in [0.4, 0.5) is 0 Å². The molecule has 2 radical (unpaired) electrons. The van der Waals surface area contributed by atoms with Crippen LogP contribution < -0.4 is 0 Å². The second-order valence-corrected chi connectivity index (χ2v) is 2.04. The smallest absolute Gasteiger partial charge is 0.0869 e. The van der Waals surface area contributed by atoms with Gasteiger partial charge in [0.1, 0.15) is 0 Å². The average Bonchev–Trinajstić information content (AvgIpc) is 2.33. The zero-order chi connectivity index (χ0) is 6.10. The summed E-state index contributed by atoms with van der Waals surface area (Å²) in [5, 5.41) is 0. The molecule has 0 bridgehead atoms. The standard InChI is InChI=1S/C7H7NO/c1-3-8-7-5-9-4-2-6(1)7/h1,3,8H,4-5H2. The minimum Gasteiger partial charge on any atom is -0.374 e. The Morgan fingerprint density at radius 3 is 3.56 bits per heavy atom. The first-order chi connectivity index (χ1) is 4.47. The van der Waals surface area contributed by atoms with E-state index in [1.807, 2.05) is 12.3 Å². The van der Waals surface area contributed by atoms with Gasteiger partial charge in [-0.3, -0.25) is 0 Å². The molecule has 0 amide bonds. The predicted molar refractivity (Wildman–Crippen MR) is 32.8 cm³/mol. The molecular weight excluding hydrogens is 114 g/mol. The monoisotopic (exact) mass is 121 g/mol. The Morgan fingerprint density at radius 1 is 1.67 bits per heavy atom. The number of ether oxygens (including phenoxy) is 1. The van der Waals surface area contributed by atoms with Crippen molar-refractivity contribution in [1.29, 1.82) is 0 Å². The first kappa shape index (κ1) is 5.06. The highest BCUT2D eigenvalue weighted by atomic mass is 16.5. The van der Waals surface area contributed by atoms with Crippen molar-refractivity contribution < 1.29 is 4.74 Å². The van der Waals surface area contributed by atoms with Gasteiger partial charge in [0.15, 0.2) is 0 Å². The molecule has 1 N–H and O–H groups in total. The van der Waals surface area contributed by atoms with Crippen molar-refractivity contribution in [1.82, 2.24) is 4.98 Å². The zero-order valence-electron chi connectivity index (χ0n) is 4.98. The van der Waals surface area contributed by atoms with Crippen LogP contribution in [-0.2, 0) is 11.3 Å². The van der Waals surface area contributed by atoms with E-state index in [-0.39, 0.29) is 0 Å². The molecule has 0 fully saturated rings. The molecule has 2 rings (SSSR count). The number of hydrogen-bond donors (Lipinski definition) is 1. The van der Waals surface area contributed by atoms with Gasteiger partial charge in [-0.2, -0.15) is 0 Å². The topological polar surface area (TPSA) is 25.0 Å². The lowest BCUT2D eigenvalue weighted by atomic mass is 10.1. The molecule has 1 aromatic heterocycles. The van der Waals surface area contributed by atoms with E-state index in [0.29, 0.717) is 13.2 Å². The van der Waals surface area contributed by atoms with Crippen LogP contribution in [0.5, 0.6) is 0 Å². The van der Waals surface area contributed by atoms with E-state index >= 15 is 0 Å². The van der Waals surface area contributed by atoms with Crippen LogP contribution in [0, 0.1) is 6.42 Å². The van der Waals surface area contributed by atoms with E-state index in [2.05, 4.69) is 11.4 Å². The summed E-state index contributed by atoms with van der Waals surface area (Å²) in [5.74, 6) is 0. The number of nitrogens with one attached hydrogen (secondary N) is 1. The fraction of sp³-hybridized carbons (Fsp3) is 0.286. The number of aromatic amines is 1. The van der Waals surface area contributed by atoms with E-state index in [1.54, 1.807) is 0 Å². The lowest BCUT2D eigenvalue weighted by Crippen LogP contribution is -2.05. The zero-order valence-corrected chi connectivity index (χ0v) is 4.98. The first-order valence-corrected chi connectivity index (χ1v) is 2.95. The van der Waals surface area contributed by atoms with Gasteiger partial charge in [-0.25, -0.2) is 0 Å². The number of fused-ring (bicyclic) bond motifs is 1. The van der Waals surface area contributed by atoms with E-state index in [9.17, 15) is 0 Å². The second-order valence-electron chi connectivity index (χ2n) is 2.04. The lowest BCUT2D eigenvalue weighted by Gasteiger charge is -2.09. The van der Waals surface area contributed by atoms with Crippen molar-refractivity contribution in [3.05, 3.63) is 29.9 Å². The Hall–Kier alpha value is -0.760. The summed E-state index contributed by atoms with van der Waals surface area (Å²) < 4.78 is 5.11. The summed E-state index contributed by atoms with van der Waals surface area (Å²) in [4.78, 5) is 3.07. The summed E-state index contributed by atoms with van der Waals surface area (Å²) in [7, 11) is 0. The van der Waals surface area contributed by atoms with E-state index < -0.39 is 0 Å². The third-order valence-electron chi connectivity index (χ3n) is 1.44. The number of rotatable bonds is 0. The summed E-state index contributed by atoms with van der Waals surface area (Å²) in [6.07, 6.45) is 5.00. The van der Waals surface area contributed by atoms with Crippen molar-refractivity contribution in [2.24, 2.45) is 0 Å². The molecule has 46 valence electrons. The van der Waals surface area contributed by atoms with Crippen molar-refractivity contribution in [2.75, 3.05) is 6.61 Å². The number of aromatic nitrogens is 1. The number of H-pyrrole nitrogens is 1. The molecule has 2 heteroatoms. The Kier molecular flexibility index (Phi) is 1.06. The van der Waals surface area contributed by atoms with E-state index in [4.69, 9.17) is 4.74 Å². The van der Waals surface area contributed by atoms with Gasteiger partial charge in [0.05, 0.1) is 13.2 Å². The summed E-state index contributed by atoms with van der Waals surface area (Å²) in [5.41, 5.74) is 2.31. The Labute approximate surface area is 53.8 Å². The van der Waals surface area contributed by atoms with Gasteiger partial charge in [0.2, 0.25) is 0 Å². The van der Waals surface area contributed by atoms with Gasteiger partial charge < -0.3 is 9.72 Å². The maximum atomic E-state index is 5.11. The molecule has 2 nitrogen and oxygen atoms in total. The molecule has 1 aliphatic heterocycles. The molecule has 2 heterocycles. The first-order valence-electron chi connectivity index (χ1n) is 2.95. The molecule has 1 aliphatic rings. The average molecular weight is 121 g/mol. The van der Waals surface area contributed by atoms with Gasteiger partial charge >= 0.3 is 0 Å². The Balaban J connectivity index is 2.39. The van der Waals surface area contributed by atoms with Crippen LogP contribution in [0.2, 0.25) is 0 Å². The van der Waals surface area contributed by atoms with Crippen LogP contribution in [0.3, 0.4) is 0 Å². The van der Waals surface area contributed by atoms with Crippen LogP contribution in [0.1, 0.15) is 11.3 Å². The summed E-state index contributed by atoms with van der Waals surface area (Å²) in [6.45, 7) is 1.33. The van der Waals surface area contributed by atoms with Gasteiger partial charge in [0.25, 0.3) is 0 Å². The normalized spacial score (nSPS) is 17.3. The van der Waals surface area contributed by atoms with E-state index in [1.165, 1.54) is 5.56 Å². The summed E-state index contributed by atoms with van der Waals surface area (Å²) in [6, 6.07) is 2.01. The highest BCUT2D eigenvalue weighted by molar-refractivity contribution is 5.29. The maximum Gasteiger partial charge on any atom is 0.0869 e. The lowest BCUT2D eigenvalue weighted by molar-refractivity contribution is 0.130. The second kappa shape index (κ2) is 1.88. The molecule has 0 aliphatic carbocycles. The van der Waals surface area contributed by atoms with Crippen molar-refractivity contribution in [3.63, 3.8) is 0 Å². The fourth-order valence-corrected chi connectivity index (χ4v) is 0.971. The van der Waals surface area contributed by atoms with Crippen molar-refractivity contribution in [2.45, 2.75) is 6.61 Å². The molecule has 0 spiro atoms. The minimum atomic E-state index is 0.630. The van der Waals surface area contributed by atoms with Gasteiger partial charge in [-0.15, -0.1) is 0 Å². The molecule has 1 aromatic rings. The molecule has 0 unspecified atom stereocenters. The molecular formula is C7H7NO. The van der Waals surface area contributed by atoms with Crippen LogP contribution in [0.15, 0.2) is 12.3 Å². The highest BCUT2D eigenvalue weighted by Crippen LogP contribution is 2.14. The van der Waals surface area contributed by atoms with E-state index in [0.717, 1.165) is 5.69 Å². The third-order valence-corrected chi connectivity index (χ3v) is 1.44. The van der Waals surface area contributed by atoms with Crippen molar-refractivity contribution >= 4 is 0 Å². The fourth-order valence-electron chi connectivity index (χ4n) is 0.971. The van der Waals surface area contributed by atoms with Crippen molar-refractivity contribution in [3.8, 4) is 0 Å².